The van der Waals surface area contributed by atoms with Crippen molar-refractivity contribution >= 4 is 57.9 Å². The quantitative estimate of drug-likeness (QED) is 0.159. The van der Waals surface area contributed by atoms with Crippen molar-refractivity contribution in [1.29, 1.82) is 0 Å². The zero-order chi connectivity index (χ0) is 50.3. The molecular formula is C56H70FN11O5. The number of carbonyl (C=O) groups is 5. The number of fused-ring (bicyclic) bond motifs is 3. The highest BCUT2D eigenvalue weighted by molar-refractivity contribution is 6.09. The lowest BCUT2D eigenvalue weighted by molar-refractivity contribution is -0.150. The number of pyridine rings is 2. The van der Waals surface area contributed by atoms with E-state index in [1.54, 1.807) is 6.20 Å². The van der Waals surface area contributed by atoms with Gasteiger partial charge in [0.1, 0.15) is 17.5 Å². The van der Waals surface area contributed by atoms with Gasteiger partial charge in [-0.2, -0.15) is 0 Å². The molecule has 7 fully saturated rings. The minimum Gasteiger partial charge on any atom is -0.366 e. The van der Waals surface area contributed by atoms with Crippen molar-refractivity contribution in [2.45, 2.75) is 152 Å². The fourth-order valence-corrected chi connectivity index (χ4v) is 13.3. The monoisotopic (exact) mass is 996 g/mol. The standard InChI is InChI=1S/C56H70FN11O5/c1-34(2)67-33-59-45-31-44(61-50(49(45)67)60-39-6-7-39)36-4-9-43-46(28-36)68(41-29-40(30-41)63-22-14-38(57)15-23-63)54(73)56(43)18-26-66(27-19-56)53(72)55(3)16-24-65(25-17-55)52(71)35-12-20-64(21-13-35)47-10-5-37(32-58-47)42-8-11-48(69)62-51(42)70/h4-5,9-10,28,31-35,38-42H,6-8,11-27,29-30H2,1-3H3,(H,60,61)(H,62,69,70). The zero-order valence-corrected chi connectivity index (χ0v) is 42.7. The van der Waals surface area contributed by atoms with E-state index in [9.17, 15) is 23.6 Å². The summed E-state index contributed by atoms with van der Waals surface area (Å²) in [6, 6.07) is 13.4. The number of imidazole rings is 1. The van der Waals surface area contributed by atoms with Gasteiger partial charge in [0, 0.05) is 112 Å². The third kappa shape index (κ3) is 8.74. The van der Waals surface area contributed by atoms with Crippen LogP contribution >= 0.6 is 0 Å². The maximum Gasteiger partial charge on any atom is 0.238 e. The highest BCUT2D eigenvalue weighted by Crippen LogP contribution is 2.53. The number of nitrogens with zero attached hydrogens (tertiary/aromatic N) is 9. The molecule has 1 spiro atoms. The van der Waals surface area contributed by atoms with Gasteiger partial charge < -0.3 is 34.4 Å². The van der Waals surface area contributed by atoms with E-state index < -0.39 is 17.0 Å². The molecule has 12 rings (SSSR count). The summed E-state index contributed by atoms with van der Waals surface area (Å²) in [4.78, 5) is 93.2. The molecule has 0 radical (unpaired) electrons. The van der Waals surface area contributed by atoms with E-state index in [0.717, 1.165) is 102 Å². The predicted molar refractivity (Wildman–Crippen MR) is 276 cm³/mol. The maximum atomic E-state index is 15.3. The molecule has 1 atom stereocenters. The van der Waals surface area contributed by atoms with Crippen LogP contribution in [0.3, 0.4) is 0 Å². The average Bonchev–Trinajstić information content (AvgIpc) is 4.05. The van der Waals surface area contributed by atoms with E-state index in [4.69, 9.17) is 9.97 Å². The lowest BCUT2D eigenvalue weighted by Crippen LogP contribution is -2.59. The normalized spacial score (nSPS) is 25.9. The number of halogens is 1. The van der Waals surface area contributed by atoms with Crippen LogP contribution in [0.4, 0.5) is 21.7 Å². The molecular weight excluding hydrogens is 926 g/mol. The minimum atomic E-state index is -0.740. The van der Waals surface area contributed by atoms with Crippen LogP contribution in [0.5, 0.6) is 0 Å². The van der Waals surface area contributed by atoms with Gasteiger partial charge in [-0.05, 0) is 127 Å². The minimum absolute atomic E-state index is 0.0418. The number of amides is 5. The first-order chi connectivity index (χ1) is 35.2. The van der Waals surface area contributed by atoms with E-state index in [0.29, 0.717) is 103 Å². The second-order valence-corrected chi connectivity index (χ2v) is 23.3. The van der Waals surface area contributed by atoms with Crippen LogP contribution in [0.2, 0.25) is 0 Å². The van der Waals surface area contributed by atoms with Crippen molar-refractivity contribution in [3.8, 4) is 11.3 Å². The lowest BCUT2D eigenvalue weighted by Gasteiger charge is -2.49. The molecule has 2 N–H and O–H groups in total. The van der Waals surface area contributed by atoms with Gasteiger partial charge in [-0.25, -0.2) is 19.3 Å². The molecule has 73 heavy (non-hydrogen) atoms. The number of imide groups is 1. The molecule has 16 nitrogen and oxygen atoms in total. The number of hydrogen-bond acceptors (Lipinski definition) is 11. The number of alkyl halides is 1. The Morgan fingerprint density at radius 3 is 2.21 bits per heavy atom. The molecule has 17 heteroatoms. The summed E-state index contributed by atoms with van der Waals surface area (Å²) in [7, 11) is 0. The molecule has 2 aliphatic carbocycles. The van der Waals surface area contributed by atoms with Crippen LogP contribution in [-0.4, -0.2) is 140 Å². The summed E-state index contributed by atoms with van der Waals surface area (Å²) in [5, 5.41) is 6.11. The Bertz CT molecular complexity index is 2810. The van der Waals surface area contributed by atoms with Gasteiger partial charge in [-0.1, -0.05) is 25.1 Å². The Labute approximate surface area is 426 Å². The molecule has 3 aromatic heterocycles. The largest absolute Gasteiger partial charge is 0.366 e. The molecule has 2 saturated carbocycles. The molecule has 5 amide bonds. The summed E-state index contributed by atoms with van der Waals surface area (Å²) in [5.41, 5.74) is 5.11. The molecule has 9 heterocycles. The van der Waals surface area contributed by atoms with Gasteiger partial charge in [0.25, 0.3) is 0 Å². The molecule has 8 aliphatic rings. The van der Waals surface area contributed by atoms with Gasteiger partial charge in [0.05, 0.1) is 28.9 Å². The summed E-state index contributed by atoms with van der Waals surface area (Å²) in [5.74, 6) is 1.11. The number of carbonyl (C=O) groups excluding carboxylic acids is 5. The first kappa shape index (κ1) is 48.0. The van der Waals surface area contributed by atoms with Crippen molar-refractivity contribution in [2.75, 3.05) is 67.5 Å². The van der Waals surface area contributed by atoms with Crippen molar-refractivity contribution < 1.29 is 28.4 Å². The predicted octanol–water partition coefficient (Wildman–Crippen LogP) is 6.89. The number of aromatic nitrogens is 4. The van der Waals surface area contributed by atoms with Crippen molar-refractivity contribution in [1.82, 2.24) is 39.5 Å². The number of piperidine rings is 5. The highest BCUT2D eigenvalue weighted by Gasteiger charge is 2.57. The summed E-state index contributed by atoms with van der Waals surface area (Å²) in [6.07, 6.45) is 12.5. The molecule has 386 valence electrons. The van der Waals surface area contributed by atoms with Gasteiger partial charge in [0.15, 0.2) is 5.82 Å². The zero-order valence-electron chi connectivity index (χ0n) is 42.7. The SMILES string of the molecule is CC(C)n1cnc2cc(-c3ccc4c(c3)N(C3CC(N5CCC(F)CC5)C3)C(=O)C43CCN(C(=O)C4(C)CCN(C(=O)C5CCN(c6ccc(C7CCC(=O)NC7=O)cn6)CC5)CC4)CC3)nc(NC3CC3)c21. The van der Waals surface area contributed by atoms with E-state index in [1.165, 1.54) is 0 Å². The molecule has 1 aromatic carbocycles. The van der Waals surface area contributed by atoms with E-state index in [-0.39, 0.29) is 53.5 Å². The smallest absolute Gasteiger partial charge is 0.238 e. The van der Waals surface area contributed by atoms with Crippen molar-refractivity contribution in [2.24, 2.45) is 11.3 Å². The molecule has 6 aliphatic heterocycles. The number of rotatable bonds is 10. The Morgan fingerprint density at radius 2 is 1.53 bits per heavy atom. The Morgan fingerprint density at radius 1 is 0.808 bits per heavy atom. The van der Waals surface area contributed by atoms with Crippen LogP contribution < -0.4 is 20.4 Å². The maximum absolute atomic E-state index is 15.3. The van der Waals surface area contributed by atoms with Gasteiger partial charge in [0.2, 0.25) is 29.5 Å². The first-order valence-electron chi connectivity index (χ1n) is 27.4. The van der Waals surface area contributed by atoms with Crippen LogP contribution in [0.15, 0.2) is 48.9 Å². The molecule has 0 bridgehead atoms. The second kappa shape index (κ2) is 18.8. The number of anilines is 3. The van der Waals surface area contributed by atoms with Gasteiger partial charge in [-0.15, -0.1) is 0 Å². The Hall–Kier alpha value is -5.97. The topological polar surface area (TPSA) is 169 Å². The van der Waals surface area contributed by atoms with Crippen molar-refractivity contribution in [3.05, 3.63) is 60.0 Å². The molecule has 5 saturated heterocycles. The van der Waals surface area contributed by atoms with Crippen LogP contribution in [0.25, 0.3) is 22.3 Å². The average molecular weight is 996 g/mol. The number of nitrogens with one attached hydrogen (secondary N) is 2. The van der Waals surface area contributed by atoms with E-state index >= 15 is 4.79 Å². The number of hydrogen-bond donors (Lipinski definition) is 2. The van der Waals surface area contributed by atoms with E-state index in [2.05, 4.69) is 79.9 Å². The summed E-state index contributed by atoms with van der Waals surface area (Å²) < 4.78 is 16.3. The number of likely N-dealkylation sites (tertiary alicyclic amines) is 3. The van der Waals surface area contributed by atoms with Crippen LogP contribution in [0.1, 0.15) is 134 Å². The fraction of sp³-hybridized carbons (Fsp3) is 0.607. The highest BCUT2D eigenvalue weighted by atomic mass is 19.1. The third-order valence-electron chi connectivity index (χ3n) is 18.3. The van der Waals surface area contributed by atoms with Crippen LogP contribution in [-0.2, 0) is 29.4 Å². The van der Waals surface area contributed by atoms with Crippen molar-refractivity contribution in [3.63, 3.8) is 0 Å². The lowest BCUT2D eigenvalue weighted by atomic mass is 9.72. The summed E-state index contributed by atoms with van der Waals surface area (Å²) >= 11 is 0. The Kier molecular flexibility index (Phi) is 12.3. The first-order valence-corrected chi connectivity index (χ1v) is 27.4. The fourth-order valence-electron chi connectivity index (χ4n) is 13.3. The van der Waals surface area contributed by atoms with Gasteiger partial charge >= 0.3 is 0 Å². The second-order valence-electron chi connectivity index (χ2n) is 23.3. The summed E-state index contributed by atoms with van der Waals surface area (Å²) in [6.45, 7) is 11.4. The molecule has 4 aromatic rings. The molecule has 1 unspecified atom stereocenters. The van der Waals surface area contributed by atoms with Crippen LogP contribution in [0, 0.1) is 11.3 Å². The van der Waals surface area contributed by atoms with E-state index in [1.807, 2.05) is 28.3 Å². The van der Waals surface area contributed by atoms with Gasteiger partial charge in [-0.3, -0.25) is 29.3 Å². The third-order valence-corrected chi connectivity index (χ3v) is 18.3. The number of benzene rings is 1. The Balaban J connectivity index is 0.706.